The predicted octanol–water partition coefficient (Wildman–Crippen LogP) is 1.60. The third-order valence-corrected chi connectivity index (χ3v) is 3.63. The number of aromatic amines is 1. The minimum absolute atomic E-state index is 0. The Bertz CT molecular complexity index is 493. The lowest BCUT2D eigenvalue weighted by Gasteiger charge is -2.02. The molecule has 1 N–H and O–H groups in total. The second-order valence-corrected chi connectivity index (χ2v) is 5.36. The highest BCUT2D eigenvalue weighted by Gasteiger charge is 2.12. The van der Waals surface area contributed by atoms with Gasteiger partial charge in [-0.05, 0) is 37.1 Å². The number of unbranched alkanes of at least 4 members (excludes halogenated alkanes) is 4. The van der Waals surface area contributed by atoms with E-state index in [0.29, 0.717) is 0 Å². The van der Waals surface area contributed by atoms with Crippen molar-refractivity contribution >= 4 is 11.6 Å². The highest BCUT2D eigenvalue weighted by Crippen LogP contribution is 2.17. The van der Waals surface area contributed by atoms with Crippen LogP contribution in [0.3, 0.4) is 0 Å². The molecule has 1 aromatic heterocycles. The zero-order valence-corrected chi connectivity index (χ0v) is 14.3. The summed E-state index contributed by atoms with van der Waals surface area (Å²) in [6.07, 6.45) is 10.7. The fourth-order valence-corrected chi connectivity index (χ4v) is 2.42. The minimum atomic E-state index is 0. The van der Waals surface area contributed by atoms with Crippen molar-refractivity contribution in [3.8, 4) is 11.4 Å². The lowest BCUT2D eigenvalue weighted by atomic mass is 10.1. The van der Waals surface area contributed by atoms with E-state index in [1.54, 1.807) is 0 Å². The molecule has 0 aliphatic carbocycles. The van der Waals surface area contributed by atoms with Gasteiger partial charge in [-0.25, -0.2) is 9.55 Å². The summed E-state index contributed by atoms with van der Waals surface area (Å²) in [5.41, 5.74) is 1.18. The second kappa shape index (κ2) is 9.19. The van der Waals surface area contributed by atoms with Gasteiger partial charge in [0, 0.05) is 5.02 Å². The molecule has 2 nitrogen and oxygen atoms in total. The monoisotopic (exact) mass is 356 g/mol. The van der Waals surface area contributed by atoms with Gasteiger partial charge in [-0.1, -0.05) is 37.8 Å². The van der Waals surface area contributed by atoms with E-state index in [-0.39, 0.29) is 17.0 Å². The van der Waals surface area contributed by atoms with Crippen LogP contribution in [0.4, 0.5) is 0 Å². The third-order valence-electron chi connectivity index (χ3n) is 3.38. The average molecular weight is 358 g/mol. The van der Waals surface area contributed by atoms with Crippen LogP contribution in [0.1, 0.15) is 39.0 Å². The number of nitrogens with one attached hydrogen (secondary N) is 1. The fourth-order valence-electron chi connectivity index (χ4n) is 2.29. The van der Waals surface area contributed by atoms with E-state index in [2.05, 4.69) is 34.8 Å². The Labute approximate surface area is 136 Å². The Balaban J connectivity index is 0.00000200. The van der Waals surface area contributed by atoms with Gasteiger partial charge in [0.25, 0.3) is 5.82 Å². The molecule has 0 atom stereocenters. The molecule has 0 saturated heterocycles. The van der Waals surface area contributed by atoms with Gasteiger partial charge in [0.05, 0.1) is 12.1 Å². The Hall–Kier alpha value is -0.800. The molecular formula is C16H22BrClN2. The number of H-pyrrole nitrogens is 1. The maximum atomic E-state index is 5.93. The molecule has 0 amide bonds. The Kier molecular flexibility index (Phi) is 7.93. The maximum Gasteiger partial charge on any atom is 0.286 e. The molecule has 110 valence electrons. The van der Waals surface area contributed by atoms with Crippen LogP contribution in [-0.4, -0.2) is 4.98 Å². The van der Waals surface area contributed by atoms with Gasteiger partial charge in [0.2, 0.25) is 0 Å². The van der Waals surface area contributed by atoms with Crippen LogP contribution in [0.15, 0.2) is 36.7 Å². The van der Waals surface area contributed by atoms with Crippen LogP contribution in [0, 0.1) is 0 Å². The first-order chi connectivity index (χ1) is 9.31. The summed E-state index contributed by atoms with van der Waals surface area (Å²) in [5.74, 6) is 1.16. The zero-order valence-electron chi connectivity index (χ0n) is 11.9. The van der Waals surface area contributed by atoms with Crippen LogP contribution in [0.2, 0.25) is 5.02 Å². The quantitative estimate of drug-likeness (QED) is 0.574. The number of benzene rings is 1. The topological polar surface area (TPSA) is 19.7 Å². The summed E-state index contributed by atoms with van der Waals surface area (Å²) in [7, 11) is 0. The third kappa shape index (κ3) is 4.95. The maximum absolute atomic E-state index is 5.93. The molecule has 0 spiro atoms. The van der Waals surface area contributed by atoms with Crippen molar-refractivity contribution in [2.24, 2.45) is 0 Å². The second-order valence-electron chi connectivity index (χ2n) is 4.92. The summed E-state index contributed by atoms with van der Waals surface area (Å²) >= 11 is 5.93. The van der Waals surface area contributed by atoms with Crippen molar-refractivity contribution in [3.05, 3.63) is 41.7 Å². The van der Waals surface area contributed by atoms with Gasteiger partial charge in [0.15, 0.2) is 0 Å². The van der Waals surface area contributed by atoms with E-state index in [9.17, 15) is 0 Å². The van der Waals surface area contributed by atoms with Crippen LogP contribution in [-0.2, 0) is 6.54 Å². The molecule has 20 heavy (non-hydrogen) atoms. The molecule has 0 radical (unpaired) electrons. The smallest absolute Gasteiger partial charge is 0.286 e. The molecule has 0 saturated carbocycles. The minimum Gasteiger partial charge on any atom is -1.00 e. The Morgan fingerprint density at radius 3 is 2.45 bits per heavy atom. The van der Waals surface area contributed by atoms with Crippen molar-refractivity contribution in [2.75, 3.05) is 0 Å². The van der Waals surface area contributed by atoms with E-state index in [0.717, 1.165) is 17.4 Å². The van der Waals surface area contributed by atoms with Crippen LogP contribution >= 0.6 is 11.6 Å². The summed E-state index contributed by atoms with van der Waals surface area (Å²) < 4.78 is 2.29. The van der Waals surface area contributed by atoms with Crippen molar-refractivity contribution in [2.45, 2.75) is 45.6 Å². The number of halogens is 2. The standard InChI is InChI=1S/C16H21ClN2.BrH/c1-2-3-4-5-6-12-19-13-11-18-16(19)14-7-9-15(17)10-8-14;/h7-11,13H,2-6,12H2,1H3;1H. The van der Waals surface area contributed by atoms with Crippen LogP contribution in [0.5, 0.6) is 0 Å². The number of imidazole rings is 1. The van der Waals surface area contributed by atoms with Gasteiger partial charge in [-0.2, -0.15) is 0 Å². The highest BCUT2D eigenvalue weighted by atomic mass is 79.9. The van der Waals surface area contributed by atoms with Gasteiger partial charge in [-0.3, -0.25) is 0 Å². The van der Waals surface area contributed by atoms with Crippen molar-refractivity contribution in [1.29, 1.82) is 0 Å². The molecule has 1 aromatic carbocycles. The molecule has 0 aliphatic heterocycles. The van der Waals surface area contributed by atoms with Crippen LogP contribution in [0.25, 0.3) is 11.4 Å². The molecule has 0 bridgehead atoms. The van der Waals surface area contributed by atoms with E-state index in [1.807, 2.05) is 18.3 Å². The lowest BCUT2D eigenvalue weighted by molar-refractivity contribution is -0.685. The Morgan fingerprint density at radius 2 is 1.75 bits per heavy atom. The number of hydrogen-bond acceptors (Lipinski definition) is 0. The van der Waals surface area contributed by atoms with Gasteiger partial charge in [-0.15, -0.1) is 0 Å². The van der Waals surface area contributed by atoms with Gasteiger partial charge >= 0.3 is 0 Å². The normalized spacial score (nSPS) is 10.3. The molecule has 0 fully saturated rings. The molecule has 0 unspecified atom stereocenters. The Morgan fingerprint density at radius 1 is 1.05 bits per heavy atom. The molecule has 2 aromatic rings. The molecule has 1 heterocycles. The van der Waals surface area contributed by atoms with E-state index >= 15 is 0 Å². The first kappa shape index (κ1) is 17.3. The van der Waals surface area contributed by atoms with E-state index < -0.39 is 0 Å². The van der Waals surface area contributed by atoms with E-state index in [1.165, 1.54) is 37.7 Å². The molecular weight excluding hydrogens is 336 g/mol. The number of rotatable bonds is 7. The summed E-state index contributed by atoms with van der Waals surface area (Å²) in [6.45, 7) is 3.32. The number of hydrogen-bond donors (Lipinski definition) is 1. The average Bonchev–Trinajstić information content (AvgIpc) is 2.88. The first-order valence-electron chi connectivity index (χ1n) is 7.14. The fraction of sp³-hybridized carbons (Fsp3) is 0.438. The number of nitrogens with zero attached hydrogens (tertiary/aromatic N) is 1. The largest absolute Gasteiger partial charge is 1.00 e. The van der Waals surface area contributed by atoms with Gasteiger partial charge in [0.1, 0.15) is 12.4 Å². The molecule has 0 aliphatic rings. The summed E-state index contributed by atoms with van der Waals surface area (Å²) in [5, 5.41) is 0.779. The SMILES string of the molecule is CCCCCCC[n+]1cc[nH]c1-c1ccc(Cl)cc1.[Br-]. The molecule has 2 rings (SSSR count). The van der Waals surface area contributed by atoms with Crippen molar-refractivity contribution < 1.29 is 21.5 Å². The van der Waals surface area contributed by atoms with E-state index in [4.69, 9.17) is 11.6 Å². The predicted molar refractivity (Wildman–Crippen MR) is 80.2 cm³/mol. The summed E-state index contributed by atoms with van der Waals surface area (Å²) in [4.78, 5) is 3.31. The van der Waals surface area contributed by atoms with Crippen molar-refractivity contribution in [3.63, 3.8) is 0 Å². The number of aryl methyl sites for hydroxylation is 1. The summed E-state index contributed by atoms with van der Waals surface area (Å²) in [6, 6.07) is 7.98. The lowest BCUT2D eigenvalue weighted by Crippen LogP contribution is -3.00. The zero-order chi connectivity index (χ0) is 13.5. The van der Waals surface area contributed by atoms with Crippen LogP contribution < -0.4 is 21.5 Å². The number of aromatic nitrogens is 2. The molecule has 4 heteroatoms. The first-order valence-corrected chi connectivity index (χ1v) is 7.52. The highest BCUT2D eigenvalue weighted by molar-refractivity contribution is 6.30. The van der Waals surface area contributed by atoms with Crippen molar-refractivity contribution in [1.82, 2.24) is 4.98 Å². The van der Waals surface area contributed by atoms with Gasteiger partial charge < -0.3 is 17.0 Å².